The van der Waals surface area contributed by atoms with Crippen molar-refractivity contribution in [2.45, 2.75) is 35.9 Å². The van der Waals surface area contributed by atoms with Crippen molar-refractivity contribution >= 4 is 10.0 Å². The van der Waals surface area contributed by atoms with Gasteiger partial charge < -0.3 is 5.73 Å². The number of nitrogens with one attached hydrogen (secondary N) is 1. The largest absolute Gasteiger partial charge is 0.417 e. The van der Waals surface area contributed by atoms with Crippen molar-refractivity contribution in [2.75, 3.05) is 6.54 Å². The molecule has 1 fully saturated rings. The monoisotopic (exact) mass is 308 g/mol. The number of rotatable bonds is 4. The molecule has 0 radical (unpaired) electrons. The molecule has 0 saturated heterocycles. The smallest absolute Gasteiger partial charge is 0.329 e. The third-order valence-electron chi connectivity index (χ3n) is 3.53. The SMILES string of the molecule is NCC1(NS(=O)(=O)c2ccccc2C(F)(F)F)CCC1. The minimum atomic E-state index is -4.72. The predicted molar refractivity (Wildman–Crippen MR) is 67.4 cm³/mol. The van der Waals surface area contributed by atoms with E-state index in [-0.39, 0.29) is 6.54 Å². The molecule has 112 valence electrons. The van der Waals surface area contributed by atoms with Crippen LogP contribution in [0.2, 0.25) is 0 Å². The number of nitrogens with two attached hydrogens (primary N) is 1. The van der Waals surface area contributed by atoms with Crippen molar-refractivity contribution in [1.82, 2.24) is 4.72 Å². The second-order valence-electron chi connectivity index (χ2n) is 4.94. The van der Waals surface area contributed by atoms with Gasteiger partial charge in [-0.05, 0) is 31.4 Å². The molecule has 1 aromatic rings. The highest BCUT2D eigenvalue weighted by Gasteiger charge is 2.42. The fourth-order valence-electron chi connectivity index (χ4n) is 2.23. The summed E-state index contributed by atoms with van der Waals surface area (Å²) < 4.78 is 65.3. The van der Waals surface area contributed by atoms with Crippen LogP contribution in [-0.4, -0.2) is 20.5 Å². The minimum absolute atomic E-state index is 0.0699. The Labute approximate surface area is 115 Å². The molecule has 0 atom stereocenters. The van der Waals surface area contributed by atoms with Crippen molar-refractivity contribution < 1.29 is 21.6 Å². The first-order chi connectivity index (χ1) is 9.20. The lowest BCUT2D eigenvalue weighted by Gasteiger charge is -2.41. The Hall–Kier alpha value is -1.12. The quantitative estimate of drug-likeness (QED) is 0.892. The zero-order chi connectivity index (χ0) is 15.0. The van der Waals surface area contributed by atoms with Gasteiger partial charge in [-0.15, -0.1) is 0 Å². The summed E-state index contributed by atoms with van der Waals surface area (Å²) in [6.45, 7) is 0.0699. The Morgan fingerprint density at radius 3 is 2.30 bits per heavy atom. The van der Waals surface area contributed by atoms with Crippen molar-refractivity contribution in [3.8, 4) is 0 Å². The summed E-state index contributed by atoms with van der Waals surface area (Å²) in [5.74, 6) is 0. The average molecular weight is 308 g/mol. The molecule has 0 heterocycles. The van der Waals surface area contributed by atoms with Gasteiger partial charge in [-0.3, -0.25) is 0 Å². The Bertz CT molecular complexity index is 589. The second-order valence-corrected chi connectivity index (χ2v) is 6.59. The molecule has 0 bridgehead atoms. The van der Waals surface area contributed by atoms with Crippen LogP contribution in [0.3, 0.4) is 0 Å². The lowest BCUT2D eigenvalue weighted by Crippen LogP contribution is -2.58. The number of benzene rings is 1. The van der Waals surface area contributed by atoms with Crippen molar-refractivity contribution in [1.29, 1.82) is 0 Å². The third-order valence-corrected chi connectivity index (χ3v) is 5.17. The second kappa shape index (κ2) is 5.01. The minimum Gasteiger partial charge on any atom is -0.329 e. The van der Waals surface area contributed by atoms with Gasteiger partial charge in [-0.25, -0.2) is 13.1 Å². The van der Waals surface area contributed by atoms with E-state index in [1.165, 1.54) is 6.07 Å². The van der Waals surface area contributed by atoms with E-state index in [1.807, 2.05) is 0 Å². The molecule has 0 aliphatic heterocycles. The summed E-state index contributed by atoms with van der Waals surface area (Å²) in [6, 6.07) is 4.13. The van der Waals surface area contributed by atoms with E-state index < -0.39 is 32.2 Å². The number of hydrogen-bond donors (Lipinski definition) is 2. The Kier molecular flexibility index (Phi) is 3.83. The first-order valence-electron chi connectivity index (χ1n) is 6.10. The lowest BCUT2D eigenvalue weighted by atomic mass is 9.78. The van der Waals surface area contributed by atoms with E-state index in [0.717, 1.165) is 24.6 Å². The van der Waals surface area contributed by atoms with Crippen LogP contribution in [0.1, 0.15) is 24.8 Å². The molecule has 4 nitrogen and oxygen atoms in total. The average Bonchev–Trinajstić information content (AvgIpc) is 2.33. The lowest BCUT2D eigenvalue weighted by molar-refractivity contribution is -0.139. The molecule has 3 N–H and O–H groups in total. The van der Waals surface area contributed by atoms with E-state index >= 15 is 0 Å². The molecular formula is C12H15F3N2O2S. The van der Waals surface area contributed by atoms with Gasteiger partial charge in [-0.2, -0.15) is 13.2 Å². The van der Waals surface area contributed by atoms with Gasteiger partial charge in [0.25, 0.3) is 0 Å². The van der Waals surface area contributed by atoms with Crippen LogP contribution >= 0.6 is 0 Å². The molecule has 1 saturated carbocycles. The van der Waals surface area contributed by atoms with Crippen LogP contribution < -0.4 is 10.5 Å². The highest BCUT2D eigenvalue weighted by atomic mass is 32.2. The molecule has 1 aliphatic carbocycles. The van der Waals surface area contributed by atoms with E-state index in [0.29, 0.717) is 12.8 Å². The van der Waals surface area contributed by atoms with Crippen LogP contribution in [-0.2, 0) is 16.2 Å². The highest BCUT2D eigenvalue weighted by molar-refractivity contribution is 7.89. The van der Waals surface area contributed by atoms with Gasteiger partial charge in [0.2, 0.25) is 10.0 Å². The van der Waals surface area contributed by atoms with Crippen molar-refractivity contribution in [3.05, 3.63) is 29.8 Å². The summed E-state index contributed by atoms with van der Waals surface area (Å²) in [5, 5.41) is 0. The molecule has 1 aromatic carbocycles. The van der Waals surface area contributed by atoms with Crippen LogP contribution in [0.4, 0.5) is 13.2 Å². The normalized spacial score (nSPS) is 18.6. The highest BCUT2D eigenvalue weighted by Crippen LogP contribution is 2.36. The first kappa shape index (κ1) is 15.3. The molecule has 0 unspecified atom stereocenters. The predicted octanol–water partition coefficient (Wildman–Crippen LogP) is 1.87. The summed E-state index contributed by atoms with van der Waals surface area (Å²) >= 11 is 0. The van der Waals surface area contributed by atoms with Crippen molar-refractivity contribution in [2.24, 2.45) is 5.73 Å². The van der Waals surface area contributed by atoms with E-state index in [4.69, 9.17) is 5.73 Å². The van der Waals surface area contributed by atoms with Gasteiger partial charge in [-0.1, -0.05) is 12.1 Å². The van der Waals surface area contributed by atoms with E-state index in [1.54, 1.807) is 0 Å². The maximum Gasteiger partial charge on any atom is 0.417 e. The maximum absolute atomic E-state index is 12.9. The van der Waals surface area contributed by atoms with Crippen molar-refractivity contribution in [3.63, 3.8) is 0 Å². The number of alkyl halides is 3. The fraction of sp³-hybridized carbons (Fsp3) is 0.500. The number of hydrogen-bond acceptors (Lipinski definition) is 3. The van der Waals surface area contributed by atoms with Crippen LogP contribution in [0.25, 0.3) is 0 Å². The van der Waals surface area contributed by atoms with Crippen LogP contribution in [0, 0.1) is 0 Å². The Balaban J connectivity index is 2.40. The first-order valence-corrected chi connectivity index (χ1v) is 7.59. The zero-order valence-corrected chi connectivity index (χ0v) is 11.4. The number of sulfonamides is 1. The van der Waals surface area contributed by atoms with Crippen LogP contribution in [0.5, 0.6) is 0 Å². The summed E-state index contributed by atoms with van der Waals surface area (Å²) in [6.07, 6.45) is -2.84. The van der Waals surface area contributed by atoms with Gasteiger partial charge in [0, 0.05) is 12.1 Å². The van der Waals surface area contributed by atoms with Gasteiger partial charge in [0.1, 0.15) is 0 Å². The Morgan fingerprint density at radius 2 is 1.85 bits per heavy atom. The summed E-state index contributed by atoms with van der Waals surface area (Å²) in [5.41, 5.74) is 3.55. The topological polar surface area (TPSA) is 72.2 Å². The molecule has 2 rings (SSSR count). The molecule has 0 amide bonds. The molecule has 0 spiro atoms. The van der Waals surface area contributed by atoms with Gasteiger partial charge in [0.05, 0.1) is 10.5 Å². The van der Waals surface area contributed by atoms with Crippen LogP contribution in [0.15, 0.2) is 29.2 Å². The van der Waals surface area contributed by atoms with Gasteiger partial charge >= 0.3 is 6.18 Å². The fourth-order valence-corrected chi connectivity index (χ4v) is 3.93. The molecule has 8 heteroatoms. The maximum atomic E-state index is 12.9. The molecule has 1 aliphatic rings. The summed E-state index contributed by atoms with van der Waals surface area (Å²) in [4.78, 5) is -0.757. The standard InChI is InChI=1S/C12H15F3N2O2S/c13-12(14,15)9-4-1-2-5-10(9)20(18,19)17-11(8-16)6-3-7-11/h1-2,4-5,17H,3,6-8,16H2. The van der Waals surface area contributed by atoms with Gasteiger partial charge in [0.15, 0.2) is 0 Å². The zero-order valence-electron chi connectivity index (χ0n) is 10.6. The van der Waals surface area contributed by atoms with E-state index in [9.17, 15) is 21.6 Å². The summed E-state index contributed by atoms with van der Waals surface area (Å²) in [7, 11) is -4.25. The number of halogens is 3. The van der Waals surface area contributed by atoms with E-state index in [2.05, 4.69) is 4.72 Å². The Morgan fingerprint density at radius 1 is 1.25 bits per heavy atom. The third kappa shape index (κ3) is 2.82. The molecular weight excluding hydrogens is 293 g/mol. The molecule has 0 aromatic heterocycles. The molecule has 20 heavy (non-hydrogen) atoms.